The first-order valence-corrected chi connectivity index (χ1v) is 10.3. The third kappa shape index (κ3) is 4.03. The highest BCUT2D eigenvalue weighted by atomic mass is 35.5. The van der Waals surface area contributed by atoms with Crippen LogP contribution in [0.4, 0.5) is 11.4 Å². The molecule has 1 saturated heterocycles. The lowest BCUT2D eigenvalue weighted by atomic mass is 10.2. The second kappa shape index (κ2) is 7.63. The number of halogens is 2. The van der Waals surface area contributed by atoms with Crippen LogP contribution in [-0.2, 0) is 10.0 Å². The van der Waals surface area contributed by atoms with Gasteiger partial charge in [0.1, 0.15) is 0 Å². The second-order valence-corrected chi connectivity index (χ2v) is 8.96. The number of benzene rings is 2. The van der Waals surface area contributed by atoms with Gasteiger partial charge in [-0.2, -0.15) is 4.31 Å². The molecule has 1 aliphatic heterocycles. The van der Waals surface area contributed by atoms with Crippen LogP contribution in [0.3, 0.4) is 0 Å². The summed E-state index contributed by atoms with van der Waals surface area (Å²) in [4.78, 5) is 12.4. The molecule has 0 saturated carbocycles. The zero-order valence-electron chi connectivity index (χ0n) is 14.4. The van der Waals surface area contributed by atoms with Crippen molar-refractivity contribution in [1.82, 2.24) is 4.31 Å². The molecule has 0 amide bonds. The van der Waals surface area contributed by atoms with Gasteiger partial charge in [0.2, 0.25) is 10.0 Å². The van der Waals surface area contributed by atoms with Crippen LogP contribution in [0.5, 0.6) is 0 Å². The van der Waals surface area contributed by atoms with Crippen LogP contribution in [0, 0.1) is 17.0 Å². The average molecular weight is 430 g/mol. The van der Waals surface area contributed by atoms with Crippen molar-refractivity contribution in [3.63, 3.8) is 0 Å². The molecule has 0 unspecified atom stereocenters. The minimum atomic E-state index is -3.88. The van der Waals surface area contributed by atoms with E-state index in [1.54, 1.807) is 6.07 Å². The molecule has 1 fully saturated rings. The molecular weight excluding hydrogens is 413 g/mol. The molecule has 0 spiro atoms. The Labute approximate surface area is 167 Å². The SMILES string of the molecule is Cc1c(Cl)cc(S(=O)(=O)N2CCN(c3cccc(Cl)c3)CC2)cc1[N+](=O)[O-]. The summed E-state index contributed by atoms with van der Waals surface area (Å²) in [6.45, 7) is 2.98. The van der Waals surface area contributed by atoms with Crippen LogP contribution in [0.1, 0.15) is 5.56 Å². The van der Waals surface area contributed by atoms with Gasteiger partial charge >= 0.3 is 0 Å². The van der Waals surface area contributed by atoms with E-state index in [0.717, 1.165) is 11.8 Å². The van der Waals surface area contributed by atoms with Crippen molar-refractivity contribution < 1.29 is 13.3 Å². The zero-order valence-corrected chi connectivity index (χ0v) is 16.8. The molecule has 2 aromatic rings. The summed E-state index contributed by atoms with van der Waals surface area (Å²) in [5, 5.41) is 11.8. The fourth-order valence-electron chi connectivity index (χ4n) is 2.99. The van der Waals surface area contributed by atoms with Crippen molar-refractivity contribution in [2.24, 2.45) is 0 Å². The van der Waals surface area contributed by atoms with Crippen molar-refractivity contribution in [2.45, 2.75) is 11.8 Å². The third-order valence-corrected chi connectivity index (χ3v) is 7.04. The number of anilines is 1. The van der Waals surface area contributed by atoms with Gasteiger partial charge in [0.15, 0.2) is 0 Å². The predicted molar refractivity (Wildman–Crippen MR) is 105 cm³/mol. The summed E-state index contributed by atoms with van der Waals surface area (Å²) in [5.74, 6) is 0. The van der Waals surface area contributed by atoms with Gasteiger partial charge in [-0.1, -0.05) is 29.3 Å². The van der Waals surface area contributed by atoms with Crippen LogP contribution in [0.15, 0.2) is 41.3 Å². The van der Waals surface area contributed by atoms with Gasteiger partial charge in [-0.15, -0.1) is 0 Å². The second-order valence-electron chi connectivity index (χ2n) is 6.18. The Hall–Kier alpha value is -1.87. The fourth-order valence-corrected chi connectivity index (χ4v) is 4.92. The Morgan fingerprint density at radius 1 is 1.07 bits per heavy atom. The molecule has 10 heteroatoms. The Kier molecular flexibility index (Phi) is 5.62. The lowest BCUT2D eigenvalue weighted by molar-refractivity contribution is -0.385. The van der Waals surface area contributed by atoms with Crippen molar-refractivity contribution in [1.29, 1.82) is 0 Å². The molecule has 7 nitrogen and oxygen atoms in total. The monoisotopic (exact) mass is 429 g/mol. The molecule has 3 rings (SSSR count). The van der Waals surface area contributed by atoms with E-state index in [2.05, 4.69) is 0 Å². The molecule has 0 aromatic heterocycles. The van der Waals surface area contributed by atoms with Crippen LogP contribution in [0.2, 0.25) is 10.0 Å². The van der Waals surface area contributed by atoms with Gasteiger partial charge in [-0.25, -0.2) is 8.42 Å². The van der Waals surface area contributed by atoms with Gasteiger partial charge in [0.05, 0.1) is 14.8 Å². The maximum absolute atomic E-state index is 12.9. The topological polar surface area (TPSA) is 83.8 Å². The van der Waals surface area contributed by atoms with E-state index < -0.39 is 14.9 Å². The lowest BCUT2D eigenvalue weighted by Gasteiger charge is -2.35. The van der Waals surface area contributed by atoms with Gasteiger partial charge in [-0.3, -0.25) is 10.1 Å². The van der Waals surface area contributed by atoms with Gasteiger partial charge in [-0.05, 0) is 31.2 Å². The van der Waals surface area contributed by atoms with E-state index in [4.69, 9.17) is 23.2 Å². The normalized spacial score (nSPS) is 15.7. The number of nitro benzene ring substituents is 1. The number of hydrogen-bond acceptors (Lipinski definition) is 5. The number of nitro groups is 1. The van der Waals surface area contributed by atoms with E-state index in [9.17, 15) is 18.5 Å². The van der Waals surface area contributed by atoms with Crippen LogP contribution in [-0.4, -0.2) is 43.8 Å². The van der Waals surface area contributed by atoms with Gasteiger partial charge < -0.3 is 4.90 Å². The highest BCUT2D eigenvalue weighted by Crippen LogP contribution is 2.31. The van der Waals surface area contributed by atoms with Crippen LogP contribution in [0.25, 0.3) is 0 Å². The summed E-state index contributed by atoms with van der Waals surface area (Å²) in [7, 11) is -3.88. The highest BCUT2D eigenvalue weighted by molar-refractivity contribution is 7.89. The molecule has 0 N–H and O–H groups in total. The van der Waals surface area contributed by atoms with Crippen molar-refractivity contribution in [3.05, 3.63) is 62.1 Å². The first-order valence-electron chi connectivity index (χ1n) is 8.15. The largest absolute Gasteiger partial charge is 0.369 e. The minimum absolute atomic E-state index is 0.0559. The van der Waals surface area contributed by atoms with E-state index in [1.807, 2.05) is 23.1 Å². The number of rotatable bonds is 4. The molecule has 144 valence electrons. The van der Waals surface area contributed by atoms with Crippen LogP contribution < -0.4 is 4.90 Å². The molecule has 1 aliphatic rings. The fraction of sp³-hybridized carbons (Fsp3) is 0.294. The number of nitrogens with zero attached hydrogens (tertiary/aromatic N) is 3. The van der Waals surface area contributed by atoms with Gasteiger partial charge in [0.25, 0.3) is 5.69 Å². The molecule has 27 heavy (non-hydrogen) atoms. The maximum atomic E-state index is 12.9. The first-order chi connectivity index (χ1) is 12.7. The van der Waals surface area contributed by atoms with E-state index in [-0.39, 0.29) is 34.3 Å². The van der Waals surface area contributed by atoms with E-state index in [0.29, 0.717) is 18.1 Å². The Morgan fingerprint density at radius 2 is 1.74 bits per heavy atom. The lowest BCUT2D eigenvalue weighted by Crippen LogP contribution is -2.48. The van der Waals surface area contributed by atoms with Crippen molar-refractivity contribution in [3.8, 4) is 0 Å². The summed E-state index contributed by atoms with van der Waals surface area (Å²) in [6, 6.07) is 9.70. The first kappa shape index (κ1) is 19.9. The molecule has 1 heterocycles. The quantitative estimate of drug-likeness (QED) is 0.545. The van der Waals surface area contributed by atoms with E-state index >= 15 is 0 Å². The highest BCUT2D eigenvalue weighted by Gasteiger charge is 2.31. The predicted octanol–water partition coefficient (Wildman–Crippen LogP) is 3.72. The number of piperazine rings is 1. The molecular formula is C17H17Cl2N3O4S. The maximum Gasteiger partial charge on any atom is 0.275 e. The summed E-state index contributed by atoms with van der Waals surface area (Å²) in [6.07, 6.45) is 0. The molecule has 2 aromatic carbocycles. The van der Waals surface area contributed by atoms with Crippen LogP contribution >= 0.6 is 23.2 Å². The molecule has 0 aliphatic carbocycles. The third-order valence-electron chi connectivity index (χ3n) is 4.54. The Balaban J connectivity index is 1.82. The van der Waals surface area contributed by atoms with Gasteiger partial charge in [0, 0.05) is 48.5 Å². The summed E-state index contributed by atoms with van der Waals surface area (Å²) >= 11 is 12.0. The van der Waals surface area contributed by atoms with E-state index in [1.165, 1.54) is 17.3 Å². The number of hydrogen-bond donors (Lipinski definition) is 0. The molecule has 0 bridgehead atoms. The smallest absolute Gasteiger partial charge is 0.275 e. The standard InChI is InChI=1S/C17H17Cl2N3O4S/c1-12-16(19)10-15(11-17(12)22(23)24)27(25,26)21-7-5-20(6-8-21)14-4-2-3-13(18)9-14/h2-4,9-11H,5-8H2,1H3. The average Bonchev–Trinajstić information content (AvgIpc) is 2.63. The molecule has 0 radical (unpaired) electrons. The van der Waals surface area contributed by atoms with Crippen molar-refractivity contribution in [2.75, 3.05) is 31.1 Å². The Bertz CT molecular complexity index is 990. The zero-order chi connectivity index (χ0) is 19.8. The number of sulfonamides is 1. The Morgan fingerprint density at radius 3 is 2.33 bits per heavy atom. The summed E-state index contributed by atoms with van der Waals surface area (Å²) < 4.78 is 27.2. The summed E-state index contributed by atoms with van der Waals surface area (Å²) in [5.41, 5.74) is 0.860. The minimum Gasteiger partial charge on any atom is -0.369 e. The van der Waals surface area contributed by atoms with Crippen molar-refractivity contribution >= 4 is 44.6 Å². The molecule has 0 atom stereocenters.